The van der Waals surface area contributed by atoms with Gasteiger partial charge in [-0.3, -0.25) is 9.59 Å². The molecule has 0 spiro atoms. The molecule has 2 aliphatic rings. The van der Waals surface area contributed by atoms with Gasteiger partial charge in [0.1, 0.15) is 5.71 Å². The van der Waals surface area contributed by atoms with Crippen LogP contribution in [-0.2, 0) is 9.59 Å². The van der Waals surface area contributed by atoms with Crippen LogP contribution in [0, 0.1) is 0 Å². The Morgan fingerprint density at radius 2 is 2.00 bits per heavy atom. The van der Waals surface area contributed by atoms with Crippen molar-refractivity contribution in [1.82, 2.24) is 0 Å². The lowest BCUT2D eigenvalue weighted by atomic mass is 9.98. The minimum absolute atomic E-state index is 0.144. The highest BCUT2D eigenvalue weighted by Crippen LogP contribution is 2.10. The van der Waals surface area contributed by atoms with Gasteiger partial charge >= 0.3 is 0 Å². The van der Waals surface area contributed by atoms with Crippen LogP contribution in [0.4, 0.5) is 0 Å². The maximum absolute atomic E-state index is 11.1. The first-order valence-electron chi connectivity index (χ1n) is 3.37. The summed E-state index contributed by atoms with van der Waals surface area (Å²) in [6.45, 7) is 0. The van der Waals surface area contributed by atoms with Crippen molar-refractivity contribution in [2.75, 3.05) is 0 Å². The van der Waals surface area contributed by atoms with Crippen molar-refractivity contribution in [3.05, 3.63) is 23.8 Å². The summed E-state index contributed by atoms with van der Waals surface area (Å²) >= 11 is 0. The maximum Gasteiger partial charge on any atom is 0.208 e. The molecule has 0 saturated carbocycles. The van der Waals surface area contributed by atoms with E-state index < -0.39 is 0 Å². The Balaban J connectivity index is 2.57. The Labute approximate surface area is 68.0 Å². The van der Waals surface area contributed by atoms with Crippen LogP contribution in [0.3, 0.4) is 0 Å². The molecule has 4 nitrogen and oxygen atoms in total. The van der Waals surface area contributed by atoms with E-state index >= 15 is 0 Å². The summed E-state index contributed by atoms with van der Waals surface area (Å²) in [6, 6.07) is 0. The van der Waals surface area contributed by atoms with Crippen LogP contribution in [0.5, 0.6) is 0 Å². The van der Waals surface area contributed by atoms with Gasteiger partial charge in [-0.05, 0) is 12.2 Å². The van der Waals surface area contributed by atoms with E-state index in [2.05, 4.69) is 10.2 Å². The standard InChI is InChI=1S/C8H4N2O2/c11-6-3-1-2-5-7(12)4-9-10-8(5)6/h1-4H. The van der Waals surface area contributed by atoms with Crippen molar-refractivity contribution in [3.63, 3.8) is 0 Å². The second-order valence-corrected chi connectivity index (χ2v) is 2.36. The number of hydrogen-bond donors (Lipinski definition) is 0. The first-order valence-corrected chi connectivity index (χ1v) is 3.37. The van der Waals surface area contributed by atoms with E-state index in [1.165, 1.54) is 12.2 Å². The third kappa shape index (κ3) is 0.852. The normalized spacial score (nSPS) is 20.3. The Bertz CT molecular complexity index is 348. The quantitative estimate of drug-likeness (QED) is 0.470. The Morgan fingerprint density at radius 3 is 2.75 bits per heavy atom. The predicted octanol–water partition coefficient (Wildman–Crippen LogP) is 0.0612. The molecule has 0 unspecified atom stereocenters. The third-order valence-electron chi connectivity index (χ3n) is 1.60. The first-order chi connectivity index (χ1) is 5.79. The molecule has 0 amide bonds. The van der Waals surface area contributed by atoms with Crippen molar-refractivity contribution in [3.8, 4) is 0 Å². The number of carbonyl (C=O) groups excluding carboxylic acids is 2. The summed E-state index contributed by atoms with van der Waals surface area (Å²) in [6.07, 6.45) is 5.56. The van der Waals surface area contributed by atoms with Gasteiger partial charge in [-0.1, -0.05) is 6.08 Å². The van der Waals surface area contributed by atoms with Crippen molar-refractivity contribution < 1.29 is 9.59 Å². The van der Waals surface area contributed by atoms with Gasteiger partial charge in [0.2, 0.25) is 11.6 Å². The minimum atomic E-state index is -0.266. The average molecular weight is 160 g/mol. The van der Waals surface area contributed by atoms with Gasteiger partial charge in [0, 0.05) is 0 Å². The lowest BCUT2D eigenvalue weighted by molar-refractivity contribution is -0.111. The van der Waals surface area contributed by atoms with E-state index in [0.29, 0.717) is 5.57 Å². The molecule has 1 heterocycles. The molecule has 12 heavy (non-hydrogen) atoms. The number of ketones is 2. The molecule has 0 bridgehead atoms. The SMILES string of the molecule is O=C1C=NN=C2C(=O)C=CC=C12. The summed E-state index contributed by atoms with van der Waals surface area (Å²) in [7, 11) is 0. The summed E-state index contributed by atoms with van der Waals surface area (Å²) in [5.74, 6) is -0.532. The van der Waals surface area contributed by atoms with Gasteiger partial charge < -0.3 is 0 Å². The van der Waals surface area contributed by atoms with Gasteiger partial charge in [-0.15, -0.1) is 5.10 Å². The van der Waals surface area contributed by atoms with Crippen LogP contribution in [0.25, 0.3) is 0 Å². The summed E-state index contributed by atoms with van der Waals surface area (Å²) in [5, 5.41) is 6.99. The van der Waals surface area contributed by atoms with E-state index in [4.69, 9.17) is 0 Å². The molecule has 1 aliphatic heterocycles. The van der Waals surface area contributed by atoms with E-state index in [0.717, 1.165) is 6.21 Å². The summed E-state index contributed by atoms with van der Waals surface area (Å²) in [4.78, 5) is 22.2. The zero-order chi connectivity index (χ0) is 8.55. The number of Topliss-reactive ketones (excluding diaryl/α,β-unsaturated/α-hetero) is 1. The topological polar surface area (TPSA) is 58.9 Å². The van der Waals surface area contributed by atoms with Crippen LogP contribution < -0.4 is 0 Å². The Kier molecular flexibility index (Phi) is 1.33. The van der Waals surface area contributed by atoms with Gasteiger partial charge in [0.15, 0.2) is 0 Å². The van der Waals surface area contributed by atoms with Crippen molar-refractivity contribution in [1.29, 1.82) is 0 Å². The molecule has 0 aromatic rings. The van der Waals surface area contributed by atoms with Crippen molar-refractivity contribution in [2.24, 2.45) is 10.2 Å². The van der Waals surface area contributed by atoms with Gasteiger partial charge in [0.05, 0.1) is 11.8 Å². The monoisotopic (exact) mass is 160 g/mol. The van der Waals surface area contributed by atoms with Crippen LogP contribution in [0.2, 0.25) is 0 Å². The average Bonchev–Trinajstić information content (AvgIpc) is 2.07. The van der Waals surface area contributed by atoms with Gasteiger partial charge in [-0.2, -0.15) is 5.10 Å². The molecule has 58 valence electrons. The number of fused-ring (bicyclic) bond motifs is 1. The molecule has 0 radical (unpaired) electrons. The van der Waals surface area contributed by atoms with Crippen molar-refractivity contribution >= 4 is 23.5 Å². The zero-order valence-electron chi connectivity index (χ0n) is 6.02. The molecular weight excluding hydrogens is 156 g/mol. The molecule has 0 atom stereocenters. The van der Waals surface area contributed by atoms with Crippen LogP contribution in [0.1, 0.15) is 0 Å². The Morgan fingerprint density at radius 1 is 1.17 bits per heavy atom. The Hall–Kier alpha value is -1.84. The van der Waals surface area contributed by atoms with E-state index in [1.54, 1.807) is 6.08 Å². The highest BCUT2D eigenvalue weighted by Gasteiger charge is 2.24. The fourth-order valence-electron chi connectivity index (χ4n) is 1.03. The van der Waals surface area contributed by atoms with Crippen LogP contribution in [0.15, 0.2) is 34.0 Å². The number of hydrogen-bond acceptors (Lipinski definition) is 4. The molecule has 2 rings (SSSR count). The highest BCUT2D eigenvalue weighted by molar-refractivity contribution is 6.61. The van der Waals surface area contributed by atoms with E-state index in [1.807, 2.05) is 0 Å². The van der Waals surface area contributed by atoms with Gasteiger partial charge in [-0.25, -0.2) is 0 Å². The molecule has 1 aliphatic carbocycles. The molecule has 4 heteroatoms. The number of rotatable bonds is 0. The highest BCUT2D eigenvalue weighted by atomic mass is 16.1. The minimum Gasteiger partial charge on any atom is -0.287 e. The van der Waals surface area contributed by atoms with Crippen LogP contribution in [-0.4, -0.2) is 23.5 Å². The number of nitrogens with zero attached hydrogens (tertiary/aromatic N) is 2. The lowest BCUT2D eigenvalue weighted by Gasteiger charge is -2.08. The van der Waals surface area contributed by atoms with E-state index in [9.17, 15) is 9.59 Å². The molecule has 0 fully saturated rings. The second kappa shape index (κ2) is 2.34. The first kappa shape index (κ1) is 6.84. The number of carbonyl (C=O) groups is 2. The number of allylic oxidation sites excluding steroid dienone is 4. The lowest BCUT2D eigenvalue weighted by Crippen LogP contribution is -2.25. The molecule has 0 aromatic carbocycles. The van der Waals surface area contributed by atoms with Crippen LogP contribution >= 0.6 is 0 Å². The summed E-state index contributed by atoms with van der Waals surface area (Å²) in [5.41, 5.74) is 0.475. The zero-order valence-corrected chi connectivity index (χ0v) is 6.02. The largest absolute Gasteiger partial charge is 0.287 e. The van der Waals surface area contributed by atoms with E-state index in [-0.39, 0.29) is 17.3 Å². The molecular formula is C8H4N2O2. The maximum atomic E-state index is 11.1. The van der Waals surface area contributed by atoms with Gasteiger partial charge in [0.25, 0.3) is 0 Å². The molecule has 0 saturated heterocycles. The molecule has 0 N–H and O–H groups in total. The smallest absolute Gasteiger partial charge is 0.208 e. The van der Waals surface area contributed by atoms with Crippen molar-refractivity contribution in [2.45, 2.75) is 0 Å². The third-order valence-corrected chi connectivity index (χ3v) is 1.60. The summed E-state index contributed by atoms with van der Waals surface area (Å²) < 4.78 is 0. The molecule has 0 aromatic heterocycles. The predicted molar refractivity (Wildman–Crippen MR) is 43.2 cm³/mol. The fraction of sp³-hybridized carbons (Fsp3) is 0. The fourth-order valence-corrected chi connectivity index (χ4v) is 1.03. The second-order valence-electron chi connectivity index (χ2n) is 2.36.